The lowest BCUT2D eigenvalue weighted by Gasteiger charge is -2.12. The van der Waals surface area contributed by atoms with E-state index in [9.17, 15) is 9.59 Å². The van der Waals surface area contributed by atoms with Gasteiger partial charge >= 0.3 is 5.69 Å². The molecule has 3 N–H and O–H groups in total. The number of hydrogen-bond donors (Lipinski definition) is 3. The van der Waals surface area contributed by atoms with Gasteiger partial charge in [0.25, 0.3) is 5.91 Å². The molecule has 1 amide bonds. The molecule has 2 heterocycles. The van der Waals surface area contributed by atoms with Crippen molar-refractivity contribution in [3.05, 3.63) is 75.3 Å². The first-order valence-corrected chi connectivity index (χ1v) is 8.64. The smallest absolute Gasteiger partial charge is 0.346 e. The molecule has 0 saturated carbocycles. The fourth-order valence-electron chi connectivity index (χ4n) is 2.39. The van der Waals surface area contributed by atoms with Crippen LogP contribution in [0.25, 0.3) is 0 Å². The maximum Gasteiger partial charge on any atom is 0.346 e. The van der Waals surface area contributed by atoms with Gasteiger partial charge in [0.15, 0.2) is 0 Å². The molecule has 0 bridgehead atoms. The quantitative estimate of drug-likeness (QED) is 0.552. The highest BCUT2D eigenvalue weighted by Crippen LogP contribution is 2.25. The normalized spacial score (nSPS) is 10.4. The summed E-state index contributed by atoms with van der Waals surface area (Å²) in [6.07, 6.45) is 4.38. The van der Waals surface area contributed by atoms with E-state index in [0.717, 1.165) is 5.56 Å². The molecule has 10 heteroatoms. The van der Waals surface area contributed by atoms with E-state index in [1.54, 1.807) is 30.6 Å². The van der Waals surface area contributed by atoms with Gasteiger partial charge in [0.05, 0.1) is 24.2 Å². The molecular formula is C18H17ClN6O3. The molecule has 0 saturated heterocycles. The maximum atomic E-state index is 12.5. The van der Waals surface area contributed by atoms with Crippen molar-refractivity contribution in [3.63, 3.8) is 0 Å². The Kier molecular flexibility index (Phi) is 6.18. The molecule has 0 aliphatic carbocycles. The summed E-state index contributed by atoms with van der Waals surface area (Å²) in [7, 11) is 1.53. The Hall–Kier alpha value is -3.46. The average molecular weight is 401 g/mol. The molecule has 0 spiro atoms. The monoisotopic (exact) mass is 400 g/mol. The molecule has 0 radical (unpaired) electrons. The van der Waals surface area contributed by atoms with Crippen molar-refractivity contribution in [1.29, 1.82) is 0 Å². The number of nitrogens with one attached hydrogen (secondary N) is 3. The number of H-pyrrole nitrogens is 1. The predicted octanol–water partition coefficient (Wildman–Crippen LogP) is 1.76. The van der Waals surface area contributed by atoms with E-state index < -0.39 is 11.6 Å². The van der Waals surface area contributed by atoms with Crippen molar-refractivity contribution in [3.8, 4) is 5.75 Å². The first-order valence-electron chi connectivity index (χ1n) is 8.26. The molecule has 2 aromatic heterocycles. The Morgan fingerprint density at radius 3 is 2.71 bits per heavy atom. The summed E-state index contributed by atoms with van der Waals surface area (Å²) in [5.41, 5.74) is 0.459. The lowest BCUT2D eigenvalue weighted by Crippen LogP contribution is -2.27. The SMILES string of the molecule is COc1ccc(CNc2[nH]c(=O)ncc2C(=O)NCc2ncccn2)cc1Cl. The number of benzene rings is 1. The van der Waals surface area contributed by atoms with E-state index in [2.05, 4.69) is 30.6 Å². The number of anilines is 1. The number of amides is 1. The van der Waals surface area contributed by atoms with Crippen LogP contribution in [0.4, 0.5) is 5.82 Å². The summed E-state index contributed by atoms with van der Waals surface area (Å²) in [6, 6.07) is 6.98. The number of rotatable bonds is 7. The van der Waals surface area contributed by atoms with Crippen LogP contribution in [0, 0.1) is 0 Å². The molecule has 0 aliphatic rings. The molecule has 0 unspecified atom stereocenters. The molecule has 0 atom stereocenters. The molecule has 28 heavy (non-hydrogen) atoms. The van der Waals surface area contributed by atoms with Crippen molar-refractivity contribution < 1.29 is 9.53 Å². The fraction of sp³-hybridized carbons (Fsp3) is 0.167. The summed E-state index contributed by atoms with van der Waals surface area (Å²) >= 11 is 6.12. The predicted molar refractivity (Wildman–Crippen MR) is 103 cm³/mol. The van der Waals surface area contributed by atoms with E-state index >= 15 is 0 Å². The molecule has 1 aromatic carbocycles. The number of ether oxygens (including phenoxy) is 1. The highest BCUT2D eigenvalue weighted by Gasteiger charge is 2.14. The van der Waals surface area contributed by atoms with Gasteiger partial charge in [0.1, 0.15) is 17.4 Å². The molecule has 144 valence electrons. The van der Waals surface area contributed by atoms with Crippen LogP contribution >= 0.6 is 11.6 Å². The molecule has 3 aromatic rings. The van der Waals surface area contributed by atoms with Gasteiger partial charge in [-0.05, 0) is 23.8 Å². The van der Waals surface area contributed by atoms with Crippen molar-refractivity contribution >= 4 is 23.3 Å². The second kappa shape index (κ2) is 8.96. The Labute approximate surface area is 165 Å². The lowest BCUT2D eigenvalue weighted by molar-refractivity contribution is 0.0950. The minimum Gasteiger partial charge on any atom is -0.495 e. The zero-order valence-electron chi connectivity index (χ0n) is 14.9. The topological polar surface area (TPSA) is 122 Å². The minimum absolute atomic E-state index is 0.145. The van der Waals surface area contributed by atoms with Crippen LogP contribution in [0.1, 0.15) is 21.7 Å². The van der Waals surface area contributed by atoms with E-state index in [-0.39, 0.29) is 17.9 Å². The zero-order valence-corrected chi connectivity index (χ0v) is 15.7. The number of aromatic amines is 1. The minimum atomic E-state index is -0.571. The molecular weight excluding hydrogens is 384 g/mol. The van der Waals surface area contributed by atoms with Crippen LogP contribution < -0.4 is 21.1 Å². The van der Waals surface area contributed by atoms with Crippen LogP contribution in [0.3, 0.4) is 0 Å². The first kappa shape index (κ1) is 19.3. The van der Waals surface area contributed by atoms with Crippen molar-refractivity contribution in [1.82, 2.24) is 25.3 Å². The molecule has 9 nitrogen and oxygen atoms in total. The number of aromatic nitrogens is 4. The second-order valence-electron chi connectivity index (χ2n) is 5.65. The third-order valence-corrected chi connectivity index (χ3v) is 4.06. The van der Waals surface area contributed by atoms with Gasteiger partial charge in [-0.15, -0.1) is 0 Å². The zero-order chi connectivity index (χ0) is 19.9. The van der Waals surface area contributed by atoms with Gasteiger partial charge in [0, 0.05) is 25.1 Å². The molecule has 3 rings (SSSR count). The van der Waals surface area contributed by atoms with Gasteiger partial charge in [-0.3, -0.25) is 9.78 Å². The van der Waals surface area contributed by atoms with Gasteiger partial charge in [-0.1, -0.05) is 17.7 Å². The van der Waals surface area contributed by atoms with Crippen LogP contribution in [0.5, 0.6) is 5.75 Å². The summed E-state index contributed by atoms with van der Waals surface area (Å²) in [5.74, 6) is 0.853. The first-order chi connectivity index (χ1) is 13.6. The van der Waals surface area contributed by atoms with E-state index in [0.29, 0.717) is 23.1 Å². The average Bonchev–Trinajstić information content (AvgIpc) is 2.71. The van der Waals surface area contributed by atoms with Crippen molar-refractivity contribution in [2.75, 3.05) is 12.4 Å². The van der Waals surface area contributed by atoms with Gasteiger partial charge < -0.3 is 15.4 Å². The Morgan fingerprint density at radius 2 is 2.00 bits per heavy atom. The van der Waals surface area contributed by atoms with Crippen LogP contribution in [0.15, 0.2) is 47.7 Å². The largest absolute Gasteiger partial charge is 0.495 e. The summed E-state index contributed by atoms with van der Waals surface area (Å²) < 4.78 is 5.12. The summed E-state index contributed by atoms with van der Waals surface area (Å²) in [4.78, 5) is 38.3. The second-order valence-corrected chi connectivity index (χ2v) is 6.05. The van der Waals surface area contributed by atoms with Crippen molar-refractivity contribution in [2.24, 2.45) is 0 Å². The number of carbonyl (C=O) groups excluding carboxylic acids is 1. The van der Waals surface area contributed by atoms with Gasteiger partial charge in [-0.25, -0.2) is 19.7 Å². The summed E-state index contributed by atoms with van der Waals surface area (Å²) in [5, 5.41) is 6.18. The van der Waals surface area contributed by atoms with Gasteiger partial charge in [-0.2, -0.15) is 0 Å². The number of methoxy groups -OCH3 is 1. The Balaban J connectivity index is 1.72. The van der Waals surface area contributed by atoms with Crippen LogP contribution in [0.2, 0.25) is 5.02 Å². The fourth-order valence-corrected chi connectivity index (χ4v) is 2.67. The molecule has 0 aliphatic heterocycles. The molecule has 0 fully saturated rings. The van der Waals surface area contributed by atoms with Crippen LogP contribution in [-0.2, 0) is 13.1 Å². The Bertz CT molecular complexity index is 1030. The van der Waals surface area contributed by atoms with Gasteiger partial charge in [0.2, 0.25) is 0 Å². The standard InChI is InChI=1S/C18H17ClN6O3/c1-28-14-4-3-11(7-13(14)19)8-22-16-12(9-24-18(27)25-16)17(26)23-10-15-20-5-2-6-21-15/h2-7,9H,8,10H2,1H3,(H,23,26)(H2,22,24,25,27). The highest BCUT2D eigenvalue weighted by atomic mass is 35.5. The Morgan fingerprint density at radius 1 is 1.21 bits per heavy atom. The van der Waals surface area contributed by atoms with E-state index in [1.165, 1.54) is 13.3 Å². The lowest BCUT2D eigenvalue weighted by atomic mass is 10.2. The van der Waals surface area contributed by atoms with Crippen LogP contribution in [-0.4, -0.2) is 33.0 Å². The number of carbonyl (C=O) groups is 1. The highest BCUT2D eigenvalue weighted by molar-refractivity contribution is 6.32. The van der Waals surface area contributed by atoms with E-state index in [1.807, 2.05) is 6.07 Å². The number of nitrogens with zero attached hydrogens (tertiary/aromatic N) is 3. The number of hydrogen-bond acceptors (Lipinski definition) is 7. The number of halogens is 1. The third-order valence-electron chi connectivity index (χ3n) is 3.77. The van der Waals surface area contributed by atoms with E-state index in [4.69, 9.17) is 16.3 Å². The maximum absolute atomic E-state index is 12.5. The third kappa shape index (κ3) is 4.83. The van der Waals surface area contributed by atoms with Crippen molar-refractivity contribution in [2.45, 2.75) is 13.1 Å². The summed E-state index contributed by atoms with van der Waals surface area (Å²) in [6.45, 7) is 0.470.